The summed E-state index contributed by atoms with van der Waals surface area (Å²) < 4.78 is 63.0. The Morgan fingerprint density at radius 3 is 1.06 bits per heavy atom. The van der Waals surface area contributed by atoms with E-state index in [1.807, 2.05) is 0 Å². The van der Waals surface area contributed by atoms with Crippen LogP contribution in [0.2, 0.25) is 5.04 Å². The molecule has 13 heteroatoms. The average molecular weight is 780 g/mol. The maximum Gasteiger partial charge on any atom is 0.261 e. The zero-order chi connectivity index (χ0) is 38.3. The molecule has 0 spiro atoms. The Morgan fingerprint density at radius 2 is 0.741 bits per heavy atom. The molecule has 1 heterocycles. The first-order chi connectivity index (χ1) is 26.5. The summed E-state index contributed by atoms with van der Waals surface area (Å²) in [6, 6.07) is 21.3. The zero-order valence-electron chi connectivity index (χ0n) is 33.3. The fourth-order valence-electron chi connectivity index (χ4n) is 6.11. The summed E-state index contributed by atoms with van der Waals surface area (Å²) in [5.74, 6) is 0. The van der Waals surface area contributed by atoms with Gasteiger partial charge in [-0.3, -0.25) is 0 Å². The maximum atomic E-state index is 6.85. The molecule has 0 aromatic heterocycles. The van der Waals surface area contributed by atoms with Gasteiger partial charge in [-0.2, -0.15) is 0 Å². The lowest BCUT2D eigenvalue weighted by molar-refractivity contribution is -0.0322. The van der Waals surface area contributed by atoms with Crippen LogP contribution in [0.3, 0.4) is 0 Å². The predicted molar refractivity (Wildman–Crippen MR) is 213 cm³/mol. The van der Waals surface area contributed by atoms with Gasteiger partial charge in [-0.15, -0.1) is 0 Å². The van der Waals surface area contributed by atoms with Crippen molar-refractivity contribution < 1.29 is 51.8 Å². The number of benzene rings is 2. The lowest BCUT2D eigenvalue weighted by atomic mass is 10.1. The molecule has 0 bridgehead atoms. The molecule has 1 N–H and O–H groups in total. The summed E-state index contributed by atoms with van der Waals surface area (Å²) in [6.07, 6.45) is 2.53. The van der Waals surface area contributed by atoms with Crippen LogP contribution < -0.4 is 15.7 Å². The van der Waals surface area contributed by atoms with Gasteiger partial charge in [0.25, 0.3) is 8.32 Å². The molecule has 0 aliphatic carbocycles. The molecule has 12 nitrogen and oxygen atoms in total. The van der Waals surface area contributed by atoms with Gasteiger partial charge in [0.1, 0.15) is 0 Å². The van der Waals surface area contributed by atoms with Crippen LogP contribution in [-0.2, 0) is 51.8 Å². The van der Waals surface area contributed by atoms with Crippen LogP contribution in [0.5, 0.6) is 0 Å². The summed E-state index contributed by atoms with van der Waals surface area (Å²) >= 11 is 0. The van der Waals surface area contributed by atoms with Gasteiger partial charge in [-0.1, -0.05) is 81.4 Å². The van der Waals surface area contributed by atoms with Gasteiger partial charge in [0.05, 0.1) is 138 Å². The first-order valence-electron chi connectivity index (χ1n) is 19.8. The standard InChI is InChI=1S/C41H69NO11Si/c1-41(2,3)54(39-10-6-4-7-11-39,40-12-8-5-9-13-40)53-37-35-51-33-31-49-29-27-47-25-23-45-21-19-43-18-20-44-22-24-46-26-28-48-30-32-50-34-36-52-38-14-16-42-17-15-38/h4-13,38,42H,14-37H2,1-3H3. The van der Waals surface area contributed by atoms with E-state index in [1.54, 1.807) is 0 Å². The summed E-state index contributed by atoms with van der Waals surface area (Å²) in [7, 11) is -2.54. The highest BCUT2D eigenvalue weighted by atomic mass is 28.4. The van der Waals surface area contributed by atoms with Gasteiger partial charge in [-0.05, 0) is 41.3 Å². The number of nitrogens with one attached hydrogen (secondary N) is 1. The molecule has 54 heavy (non-hydrogen) atoms. The van der Waals surface area contributed by atoms with Crippen LogP contribution in [0.4, 0.5) is 0 Å². The second kappa shape index (κ2) is 30.3. The average Bonchev–Trinajstić information content (AvgIpc) is 3.19. The molecule has 1 fully saturated rings. The number of hydrogen-bond donors (Lipinski definition) is 1. The molecule has 1 aliphatic heterocycles. The number of piperidine rings is 1. The van der Waals surface area contributed by atoms with Gasteiger partial charge in [0, 0.05) is 0 Å². The summed E-state index contributed by atoms with van der Waals surface area (Å²) in [5, 5.41) is 5.82. The minimum Gasteiger partial charge on any atom is -0.405 e. The van der Waals surface area contributed by atoms with E-state index in [0.717, 1.165) is 25.9 Å². The van der Waals surface area contributed by atoms with Crippen LogP contribution >= 0.6 is 0 Å². The zero-order valence-corrected chi connectivity index (χ0v) is 34.3. The van der Waals surface area contributed by atoms with Gasteiger partial charge < -0.3 is 57.1 Å². The molecule has 0 radical (unpaired) electrons. The monoisotopic (exact) mass is 779 g/mol. The van der Waals surface area contributed by atoms with E-state index in [4.69, 9.17) is 51.8 Å². The van der Waals surface area contributed by atoms with Crippen molar-refractivity contribution in [3.05, 3.63) is 60.7 Å². The third-order valence-electron chi connectivity index (χ3n) is 8.81. The number of hydrogen-bond acceptors (Lipinski definition) is 12. The Morgan fingerprint density at radius 1 is 0.444 bits per heavy atom. The van der Waals surface area contributed by atoms with Crippen LogP contribution in [0.15, 0.2) is 60.7 Å². The fraction of sp³-hybridized carbons (Fsp3) is 0.707. The Hall–Kier alpha value is -1.82. The second-order valence-corrected chi connectivity index (χ2v) is 18.1. The molecule has 0 atom stereocenters. The van der Waals surface area contributed by atoms with Crippen LogP contribution in [-0.4, -0.2) is 160 Å². The third-order valence-corrected chi connectivity index (χ3v) is 13.8. The van der Waals surface area contributed by atoms with Gasteiger partial charge in [-0.25, -0.2) is 0 Å². The summed E-state index contributed by atoms with van der Waals surface area (Å²) in [6.45, 7) is 19.5. The minimum atomic E-state index is -2.54. The SMILES string of the molecule is CC(C)(C)[Si](OCCOCCOCCOCCOCCOCCOCCOCCOCCOCCOC1CCNCC1)(c1ccccc1)c1ccccc1. The van der Waals surface area contributed by atoms with E-state index in [2.05, 4.69) is 86.8 Å². The smallest absolute Gasteiger partial charge is 0.261 e. The lowest BCUT2D eigenvalue weighted by Crippen LogP contribution is -2.66. The second-order valence-electron chi connectivity index (χ2n) is 13.8. The number of rotatable bonds is 34. The van der Waals surface area contributed by atoms with E-state index in [9.17, 15) is 0 Å². The van der Waals surface area contributed by atoms with Crippen molar-refractivity contribution in [3.8, 4) is 0 Å². The van der Waals surface area contributed by atoms with Crippen molar-refractivity contribution >= 4 is 18.7 Å². The van der Waals surface area contributed by atoms with Crippen LogP contribution in [0.25, 0.3) is 0 Å². The van der Waals surface area contributed by atoms with E-state index in [0.29, 0.717) is 138 Å². The minimum absolute atomic E-state index is 0.0547. The van der Waals surface area contributed by atoms with E-state index >= 15 is 0 Å². The highest BCUT2D eigenvalue weighted by Crippen LogP contribution is 2.36. The molecule has 0 saturated carbocycles. The fourth-order valence-corrected chi connectivity index (χ4v) is 10.7. The molecule has 2 aromatic carbocycles. The molecule has 1 aliphatic rings. The molecule has 0 amide bonds. The highest BCUT2D eigenvalue weighted by molar-refractivity contribution is 6.99. The van der Waals surface area contributed by atoms with Crippen molar-refractivity contribution in [2.75, 3.05) is 145 Å². The quantitative estimate of drug-likeness (QED) is 0.0830. The molecular weight excluding hydrogens is 711 g/mol. The molecule has 2 aromatic rings. The van der Waals surface area contributed by atoms with Crippen molar-refractivity contribution in [2.45, 2.75) is 44.8 Å². The summed E-state index contributed by atoms with van der Waals surface area (Å²) in [4.78, 5) is 0. The van der Waals surface area contributed by atoms with Crippen molar-refractivity contribution in [2.24, 2.45) is 0 Å². The first kappa shape index (κ1) is 46.6. The Labute approximate surface area is 325 Å². The summed E-state index contributed by atoms with van der Waals surface area (Å²) in [5.41, 5.74) is 0. The van der Waals surface area contributed by atoms with Gasteiger partial charge in [0.15, 0.2) is 0 Å². The van der Waals surface area contributed by atoms with Crippen LogP contribution in [0.1, 0.15) is 33.6 Å². The van der Waals surface area contributed by atoms with Crippen molar-refractivity contribution in [1.29, 1.82) is 0 Å². The van der Waals surface area contributed by atoms with Crippen molar-refractivity contribution in [1.82, 2.24) is 5.32 Å². The Kier molecular flexibility index (Phi) is 26.2. The Balaban J connectivity index is 1.01. The molecular formula is C41H69NO11Si. The van der Waals surface area contributed by atoms with Gasteiger partial charge in [0.2, 0.25) is 0 Å². The molecule has 0 unspecified atom stereocenters. The van der Waals surface area contributed by atoms with Crippen molar-refractivity contribution in [3.63, 3.8) is 0 Å². The molecule has 308 valence electrons. The lowest BCUT2D eigenvalue weighted by Gasteiger charge is -2.43. The van der Waals surface area contributed by atoms with E-state index in [1.165, 1.54) is 10.4 Å². The topological polar surface area (TPSA) is 114 Å². The number of ether oxygens (including phenoxy) is 10. The largest absolute Gasteiger partial charge is 0.405 e. The first-order valence-corrected chi connectivity index (χ1v) is 21.7. The van der Waals surface area contributed by atoms with E-state index < -0.39 is 8.32 Å². The Bertz CT molecular complexity index is 1080. The maximum absolute atomic E-state index is 6.85. The van der Waals surface area contributed by atoms with Gasteiger partial charge >= 0.3 is 0 Å². The van der Waals surface area contributed by atoms with Crippen LogP contribution in [0, 0.1) is 0 Å². The van der Waals surface area contributed by atoms with E-state index in [-0.39, 0.29) is 5.04 Å². The predicted octanol–water partition coefficient (Wildman–Crippen LogP) is 3.48. The highest BCUT2D eigenvalue weighted by Gasteiger charge is 2.50. The third kappa shape index (κ3) is 19.9. The molecule has 3 rings (SSSR count). The molecule has 1 saturated heterocycles. The normalized spacial score (nSPS) is 14.2.